The maximum atomic E-state index is 12.2. The van der Waals surface area contributed by atoms with E-state index in [9.17, 15) is 4.79 Å². The molecule has 0 atom stereocenters. The summed E-state index contributed by atoms with van der Waals surface area (Å²) in [5, 5.41) is 7.01. The van der Waals surface area contributed by atoms with Gasteiger partial charge in [0.2, 0.25) is 0 Å². The Hall–Kier alpha value is -2.89. The Bertz CT molecular complexity index is 787. The van der Waals surface area contributed by atoms with Gasteiger partial charge in [0.25, 0.3) is 5.91 Å². The van der Waals surface area contributed by atoms with Crippen molar-refractivity contribution in [2.24, 2.45) is 7.05 Å². The molecule has 3 rings (SSSR count). The van der Waals surface area contributed by atoms with Crippen LogP contribution in [-0.2, 0) is 20.1 Å². The van der Waals surface area contributed by atoms with E-state index in [-0.39, 0.29) is 5.91 Å². The monoisotopic (exact) mass is 309 g/mol. The number of carbonyl (C=O) groups excluding carboxylic acids is 1. The van der Waals surface area contributed by atoms with Crippen LogP contribution in [0.4, 0.5) is 0 Å². The van der Waals surface area contributed by atoms with Crippen LogP contribution in [0, 0.1) is 6.92 Å². The fraction of sp³-hybridized carbons (Fsp3) is 0.235. The molecule has 0 aliphatic carbocycles. The number of aromatic nitrogens is 4. The lowest BCUT2D eigenvalue weighted by atomic mass is 10.1. The molecule has 0 saturated carbocycles. The van der Waals surface area contributed by atoms with Crippen molar-refractivity contribution in [3.63, 3.8) is 0 Å². The van der Waals surface area contributed by atoms with Gasteiger partial charge in [-0.15, -0.1) is 0 Å². The van der Waals surface area contributed by atoms with Crippen molar-refractivity contribution in [1.82, 2.24) is 24.6 Å². The van der Waals surface area contributed by atoms with Crippen LogP contribution in [0.25, 0.3) is 0 Å². The Morgan fingerprint density at radius 2 is 1.96 bits per heavy atom. The fourth-order valence-corrected chi connectivity index (χ4v) is 2.38. The van der Waals surface area contributed by atoms with E-state index < -0.39 is 0 Å². The number of nitrogens with one attached hydrogen (secondary N) is 1. The highest BCUT2D eigenvalue weighted by Gasteiger charge is 2.07. The molecule has 2 aromatic heterocycles. The molecule has 0 bridgehead atoms. The van der Waals surface area contributed by atoms with Gasteiger partial charge in [-0.1, -0.05) is 12.1 Å². The van der Waals surface area contributed by atoms with E-state index in [1.54, 1.807) is 11.0 Å². The van der Waals surface area contributed by atoms with E-state index >= 15 is 0 Å². The standard InChI is InChI=1S/C17H19N5O/c1-13-3-8-16(21(13)2)9-19-17(23)15-6-4-14(5-7-15)10-22-12-18-11-20-22/h3-8,11-12H,9-10H2,1-2H3,(H,19,23). The zero-order chi connectivity index (χ0) is 16.2. The Labute approximate surface area is 134 Å². The molecule has 3 aromatic rings. The molecule has 6 heteroatoms. The van der Waals surface area contributed by atoms with E-state index in [0.717, 1.165) is 11.3 Å². The van der Waals surface area contributed by atoms with Crippen LogP contribution in [0.5, 0.6) is 0 Å². The number of carbonyl (C=O) groups is 1. The van der Waals surface area contributed by atoms with Gasteiger partial charge >= 0.3 is 0 Å². The second-order valence-corrected chi connectivity index (χ2v) is 5.50. The topological polar surface area (TPSA) is 64.7 Å². The molecule has 0 aliphatic rings. The average molecular weight is 309 g/mol. The number of benzene rings is 1. The van der Waals surface area contributed by atoms with Crippen molar-refractivity contribution in [3.8, 4) is 0 Å². The van der Waals surface area contributed by atoms with E-state index in [0.29, 0.717) is 18.7 Å². The first-order valence-electron chi connectivity index (χ1n) is 7.44. The summed E-state index contributed by atoms with van der Waals surface area (Å²) in [5.41, 5.74) is 3.98. The third kappa shape index (κ3) is 3.48. The van der Waals surface area contributed by atoms with Gasteiger partial charge in [-0.25, -0.2) is 9.67 Å². The maximum absolute atomic E-state index is 12.2. The van der Waals surface area contributed by atoms with E-state index in [1.165, 1.54) is 12.0 Å². The SMILES string of the molecule is Cc1ccc(CNC(=O)c2ccc(Cn3cncn3)cc2)n1C. The second kappa shape index (κ2) is 6.48. The van der Waals surface area contributed by atoms with Crippen LogP contribution in [0.15, 0.2) is 49.1 Å². The molecular formula is C17H19N5O. The second-order valence-electron chi connectivity index (χ2n) is 5.50. The average Bonchev–Trinajstić information content (AvgIpc) is 3.17. The summed E-state index contributed by atoms with van der Waals surface area (Å²) >= 11 is 0. The summed E-state index contributed by atoms with van der Waals surface area (Å²) in [6, 6.07) is 11.6. The molecule has 1 aromatic carbocycles. The van der Waals surface area contributed by atoms with Crippen molar-refractivity contribution in [2.45, 2.75) is 20.0 Å². The lowest BCUT2D eigenvalue weighted by molar-refractivity contribution is 0.0950. The highest BCUT2D eigenvalue weighted by atomic mass is 16.1. The van der Waals surface area contributed by atoms with Crippen molar-refractivity contribution >= 4 is 5.91 Å². The number of nitrogens with zero attached hydrogens (tertiary/aromatic N) is 4. The van der Waals surface area contributed by atoms with Gasteiger partial charge in [-0.2, -0.15) is 5.10 Å². The van der Waals surface area contributed by atoms with Crippen molar-refractivity contribution in [1.29, 1.82) is 0 Å². The number of amides is 1. The lowest BCUT2D eigenvalue weighted by Crippen LogP contribution is -2.24. The fourth-order valence-electron chi connectivity index (χ4n) is 2.38. The first-order chi connectivity index (χ1) is 11.1. The largest absolute Gasteiger partial charge is 0.350 e. The van der Waals surface area contributed by atoms with Crippen LogP contribution in [0.1, 0.15) is 27.3 Å². The number of rotatable bonds is 5. The van der Waals surface area contributed by atoms with E-state index in [2.05, 4.69) is 20.0 Å². The number of hydrogen-bond donors (Lipinski definition) is 1. The Morgan fingerprint density at radius 3 is 2.57 bits per heavy atom. The first kappa shape index (κ1) is 15.0. The number of aryl methyl sites for hydroxylation is 1. The Morgan fingerprint density at radius 1 is 1.17 bits per heavy atom. The van der Waals surface area contributed by atoms with E-state index in [1.807, 2.05) is 50.4 Å². The molecule has 6 nitrogen and oxygen atoms in total. The van der Waals surface area contributed by atoms with Gasteiger partial charge < -0.3 is 9.88 Å². The van der Waals surface area contributed by atoms with Gasteiger partial charge in [-0.3, -0.25) is 4.79 Å². The smallest absolute Gasteiger partial charge is 0.251 e. The van der Waals surface area contributed by atoms with Crippen LogP contribution < -0.4 is 5.32 Å². The molecule has 1 N–H and O–H groups in total. The predicted octanol–water partition coefficient (Wildman–Crippen LogP) is 1.90. The molecule has 0 saturated heterocycles. The quantitative estimate of drug-likeness (QED) is 0.783. The molecule has 118 valence electrons. The van der Waals surface area contributed by atoms with Gasteiger partial charge in [0.1, 0.15) is 12.7 Å². The molecule has 0 unspecified atom stereocenters. The molecule has 23 heavy (non-hydrogen) atoms. The van der Waals surface area contributed by atoms with Crippen LogP contribution in [-0.4, -0.2) is 25.2 Å². The summed E-state index contributed by atoms with van der Waals surface area (Å²) in [6.45, 7) is 3.20. The third-order valence-corrected chi connectivity index (χ3v) is 3.93. The summed E-state index contributed by atoms with van der Waals surface area (Å²) in [6.07, 6.45) is 3.18. The van der Waals surface area contributed by atoms with Gasteiger partial charge in [0.05, 0.1) is 13.1 Å². The summed E-state index contributed by atoms with van der Waals surface area (Å²) < 4.78 is 3.81. The Kier molecular flexibility index (Phi) is 4.23. The molecular weight excluding hydrogens is 290 g/mol. The predicted molar refractivity (Wildman–Crippen MR) is 86.9 cm³/mol. The minimum absolute atomic E-state index is 0.0730. The normalized spacial score (nSPS) is 10.7. The maximum Gasteiger partial charge on any atom is 0.251 e. The summed E-state index contributed by atoms with van der Waals surface area (Å²) in [7, 11) is 2.00. The van der Waals surface area contributed by atoms with Crippen LogP contribution >= 0.6 is 0 Å². The minimum atomic E-state index is -0.0730. The van der Waals surface area contributed by atoms with Crippen molar-refractivity contribution < 1.29 is 4.79 Å². The highest BCUT2D eigenvalue weighted by molar-refractivity contribution is 5.94. The lowest BCUT2D eigenvalue weighted by Gasteiger charge is -2.08. The molecule has 0 spiro atoms. The summed E-state index contributed by atoms with van der Waals surface area (Å²) in [5.74, 6) is -0.0730. The highest BCUT2D eigenvalue weighted by Crippen LogP contribution is 2.08. The van der Waals surface area contributed by atoms with Crippen molar-refractivity contribution in [2.75, 3.05) is 0 Å². The molecule has 0 aliphatic heterocycles. The van der Waals surface area contributed by atoms with E-state index in [4.69, 9.17) is 0 Å². The molecule has 0 radical (unpaired) electrons. The summed E-state index contributed by atoms with van der Waals surface area (Å²) in [4.78, 5) is 16.1. The zero-order valence-electron chi connectivity index (χ0n) is 13.2. The molecule has 2 heterocycles. The zero-order valence-corrected chi connectivity index (χ0v) is 13.2. The van der Waals surface area contributed by atoms with Gasteiger partial charge in [0, 0.05) is 24.0 Å². The van der Waals surface area contributed by atoms with Gasteiger partial charge in [0.15, 0.2) is 0 Å². The van der Waals surface area contributed by atoms with Crippen LogP contribution in [0.2, 0.25) is 0 Å². The van der Waals surface area contributed by atoms with Gasteiger partial charge in [-0.05, 0) is 36.8 Å². The Balaban J connectivity index is 1.60. The number of hydrogen-bond acceptors (Lipinski definition) is 3. The van der Waals surface area contributed by atoms with Crippen molar-refractivity contribution in [3.05, 3.63) is 71.6 Å². The molecule has 1 amide bonds. The third-order valence-electron chi connectivity index (χ3n) is 3.93. The van der Waals surface area contributed by atoms with Crippen LogP contribution in [0.3, 0.4) is 0 Å². The minimum Gasteiger partial charge on any atom is -0.350 e. The molecule has 0 fully saturated rings. The first-order valence-corrected chi connectivity index (χ1v) is 7.44.